The number of nitrogens with one attached hydrogen (secondary N) is 1. The van der Waals surface area contributed by atoms with Crippen molar-refractivity contribution in [1.82, 2.24) is 30.4 Å². The van der Waals surface area contributed by atoms with E-state index < -0.39 is 11.6 Å². The van der Waals surface area contributed by atoms with Gasteiger partial charge in [0.1, 0.15) is 6.33 Å². The van der Waals surface area contributed by atoms with Crippen LogP contribution in [-0.2, 0) is 12.8 Å². The second kappa shape index (κ2) is 12.6. The molecule has 2 aliphatic rings. The Morgan fingerprint density at radius 3 is 2.50 bits per heavy atom. The van der Waals surface area contributed by atoms with Crippen LogP contribution in [0.2, 0.25) is 0 Å². The molecule has 2 aromatic heterocycles. The molecule has 8 rings (SSSR count). The summed E-state index contributed by atoms with van der Waals surface area (Å²) < 4.78 is 31.8. The molecule has 0 spiro atoms. The number of tetrazole rings is 1. The molecule has 0 amide bonds. The van der Waals surface area contributed by atoms with Crippen LogP contribution in [0.15, 0.2) is 115 Å². The van der Waals surface area contributed by atoms with Gasteiger partial charge in [-0.15, -0.1) is 5.10 Å². The number of allylic oxidation sites excluding steroid dienone is 4. The summed E-state index contributed by atoms with van der Waals surface area (Å²) >= 11 is 0. The molecule has 6 aromatic rings. The minimum absolute atomic E-state index is 0.0168. The highest BCUT2D eigenvalue weighted by Crippen LogP contribution is 2.48. The number of benzene rings is 4. The van der Waals surface area contributed by atoms with Crippen LogP contribution in [0.4, 0.5) is 8.78 Å². The summed E-state index contributed by atoms with van der Waals surface area (Å²) in [5.41, 5.74) is 8.82. The van der Waals surface area contributed by atoms with Crippen LogP contribution < -0.4 is 0 Å². The zero-order valence-corrected chi connectivity index (χ0v) is 25.7. The van der Waals surface area contributed by atoms with E-state index in [0.29, 0.717) is 12.0 Å². The van der Waals surface area contributed by atoms with E-state index in [-0.39, 0.29) is 17.8 Å². The fourth-order valence-electron chi connectivity index (χ4n) is 7.05. The summed E-state index contributed by atoms with van der Waals surface area (Å²) in [6.07, 6.45) is 10.3. The van der Waals surface area contributed by atoms with Crippen LogP contribution in [0, 0.1) is 17.6 Å². The van der Waals surface area contributed by atoms with Crippen molar-refractivity contribution in [3.05, 3.63) is 155 Å². The highest BCUT2D eigenvalue weighted by atomic mass is 19.2. The van der Waals surface area contributed by atoms with Crippen LogP contribution in [0.1, 0.15) is 60.1 Å². The Bertz CT molecular complexity index is 2030. The maximum Gasteiger partial charge on any atom is 0.162 e. The van der Waals surface area contributed by atoms with Gasteiger partial charge in [-0.3, -0.25) is 0 Å². The van der Waals surface area contributed by atoms with Crippen molar-refractivity contribution in [2.45, 2.75) is 44.9 Å². The number of fused-ring (bicyclic) bond motifs is 4. The second-order valence-corrected chi connectivity index (χ2v) is 12.1. The number of H-pyrrole nitrogens is 1. The lowest BCUT2D eigenvalue weighted by molar-refractivity contribution is 0.463. The summed E-state index contributed by atoms with van der Waals surface area (Å²) in [7, 11) is 0. The minimum atomic E-state index is -0.797. The molecule has 0 saturated carbocycles. The van der Waals surface area contributed by atoms with Crippen molar-refractivity contribution in [2.24, 2.45) is 5.92 Å². The highest BCUT2D eigenvalue weighted by molar-refractivity contribution is 5.94. The van der Waals surface area contributed by atoms with E-state index in [0.717, 1.165) is 29.8 Å². The summed E-state index contributed by atoms with van der Waals surface area (Å²) in [5, 5.41) is 19.6. The van der Waals surface area contributed by atoms with Crippen LogP contribution >= 0.6 is 0 Å². The summed E-state index contributed by atoms with van der Waals surface area (Å²) in [6, 6.07) is 27.7. The molecule has 46 heavy (non-hydrogen) atoms. The Morgan fingerprint density at radius 2 is 1.74 bits per heavy atom. The largest absolute Gasteiger partial charge is 0.246 e. The third-order valence-electron chi connectivity index (χ3n) is 9.11. The predicted molar refractivity (Wildman–Crippen MR) is 176 cm³/mol. The van der Waals surface area contributed by atoms with Crippen LogP contribution in [0.3, 0.4) is 0 Å². The maximum atomic E-state index is 15.3. The molecular formula is C38H34F2N6. The highest BCUT2D eigenvalue weighted by Gasteiger charge is 2.35. The molecule has 230 valence electrons. The molecule has 0 aliphatic heterocycles. The van der Waals surface area contributed by atoms with Crippen molar-refractivity contribution >= 4 is 16.3 Å². The lowest BCUT2D eigenvalue weighted by Crippen LogP contribution is -2.24. The predicted octanol–water partition coefficient (Wildman–Crippen LogP) is 8.54. The first-order chi connectivity index (χ1) is 22.5. The van der Waals surface area contributed by atoms with E-state index in [1.807, 2.05) is 22.9 Å². The number of aromatic amines is 1. The number of rotatable bonds is 5. The van der Waals surface area contributed by atoms with Gasteiger partial charge < -0.3 is 0 Å². The number of hydrogen-bond acceptors (Lipinski definition) is 4. The molecule has 2 atom stereocenters. The Kier molecular flexibility index (Phi) is 8.09. The van der Waals surface area contributed by atoms with Gasteiger partial charge in [0, 0.05) is 12.1 Å². The van der Waals surface area contributed by atoms with Gasteiger partial charge in [0.15, 0.2) is 11.6 Å². The van der Waals surface area contributed by atoms with Crippen LogP contribution in [0.25, 0.3) is 22.0 Å². The van der Waals surface area contributed by atoms with Crippen LogP contribution in [-0.4, -0.2) is 30.4 Å². The first-order valence-corrected chi connectivity index (χ1v) is 15.7. The van der Waals surface area contributed by atoms with Crippen LogP contribution in [0.5, 0.6) is 0 Å². The second-order valence-electron chi connectivity index (χ2n) is 12.1. The first-order valence-electron chi connectivity index (χ1n) is 15.7. The van der Waals surface area contributed by atoms with E-state index in [9.17, 15) is 4.39 Å². The van der Waals surface area contributed by atoms with E-state index in [2.05, 4.69) is 101 Å². The summed E-state index contributed by atoms with van der Waals surface area (Å²) in [5.74, 6) is -1.61. The van der Waals surface area contributed by atoms with E-state index >= 15 is 4.39 Å². The van der Waals surface area contributed by atoms with E-state index in [4.69, 9.17) is 5.10 Å². The number of halogens is 2. The fraction of sp³-hybridized carbons (Fsp3) is 0.211. The quantitative estimate of drug-likeness (QED) is 0.212. The van der Waals surface area contributed by atoms with Gasteiger partial charge in [-0.2, -0.15) is 5.10 Å². The van der Waals surface area contributed by atoms with Gasteiger partial charge in [-0.05, 0) is 98.3 Å². The number of aryl methyl sites for hydroxylation is 1. The van der Waals surface area contributed by atoms with Gasteiger partial charge in [-0.25, -0.2) is 18.6 Å². The Hall–Kier alpha value is -5.24. The van der Waals surface area contributed by atoms with Gasteiger partial charge in [0.25, 0.3) is 0 Å². The SMILES string of the molecule is CC(C)c1nn(-c2ccccc2)cc1CC1C2=C(C=CC1c1cccc(F)c1F)c1ccc3ccccc3c1CC2.c1nnn[nH]1. The van der Waals surface area contributed by atoms with Crippen molar-refractivity contribution in [3.8, 4) is 5.69 Å². The number of aromatic nitrogens is 6. The molecule has 8 heteroatoms. The van der Waals surface area contributed by atoms with Crippen molar-refractivity contribution in [2.75, 3.05) is 0 Å². The molecule has 0 bridgehead atoms. The molecule has 2 aliphatic carbocycles. The molecule has 0 fully saturated rings. The Balaban J connectivity index is 0.000000619. The first kappa shape index (κ1) is 29.5. The van der Waals surface area contributed by atoms with Gasteiger partial charge >= 0.3 is 0 Å². The fourth-order valence-corrected chi connectivity index (χ4v) is 7.05. The maximum absolute atomic E-state index is 15.3. The van der Waals surface area contributed by atoms with Gasteiger partial charge in [-0.1, -0.05) is 98.3 Å². The third-order valence-corrected chi connectivity index (χ3v) is 9.11. The molecule has 4 aromatic carbocycles. The van der Waals surface area contributed by atoms with E-state index in [1.54, 1.807) is 12.1 Å². The summed E-state index contributed by atoms with van der Waals surface area (Å²) in [4.78, 5) is 0. The number of nitrogens with zero attached hydrogens (tertiary/aromatic N) is 5. The minimum Gasteiger partial charge on any atom is -0.246 e. The van der Waals surface area contributed by atoms with Gasteiger partial charge in [0.2, 0.25) is 0 Å². The monoisotopic (exact) mass is 612 g/mol. The number of para-hydroxylation sites is 1. The van der Waals surface area contributed by atoms with Crippen molar-refractivity contribution in [1.29, 1.82) is 0 Å². The van der Waals surface area contributed by atoms with Crippen molar-refractivity contribution in [3.63, 3.8) is 0 Å². The van der Waals surface area contributed by atoms with Gasteiger partial charge in [0.05, 0.1) is 11.4 Å². The topological polar surface area (TPSA) is 72.3 Å². The normalized spacial score (nSPS) is 17.1. The molecule has 2 unspecified atom stereocenters. The third kappa shape index (κ3) is 5.55. The molecule has 2 heterocycles. The standard InChI is InChI=1S/C37H32F2N2.CH2N4/c1-23(2)37-25(22-41(40-37)26-10-4-3-5-11-26)21-34-31-19-17-28-27-12-7-6-9-24(27)15-16-29(28)30(31)18-20-32(34)33-13-8-14-35(38)36(33)39;1-2-4-5-3-1/h3-16,18,20,22-23,32,34H,17,19,21H2,1-2H3;1H,(H,2,3,4,5). The zero-order chi connectivity index (χ0) is 31.6. The summed E-state index contributed by atoms with van der Waals surface area (Å²) in [6.45, 7) is 4.33. The number of hydrogen-bond donors (Lipinski definition) is 1. The lowest BCUT2D eigenvalue weighted by Gasteiger charge is -2.36. The molecule has 6 nitrogen and oxygen atoms in total. The average molecular weight is 613 g/mol. The van der Waals surface area contributed by atoms with E-state index in [1.165, 1.54) is 45.4 Å². The average Bonchev–Trinajstić information content (AvgIpc) is 3.81. The van der Waals surface area contributed by atoms with Crippen molar-refractivity contribution < 1.29 is 8.78 Å². The Labute approximate surface area is 266 Å². The smallest absolute Gasteiger partial charge is 0.162 e. The Morgan fingerprint density at radius 1 is 0.913 bits per heavy atom. The zero-order valence-electron chi connectivity index (χ0n) is 25.7. The molecule has 0 radical (unpaired) electrons. The molecule has 0 saturated heterocycles. The molecule has 1 N–H and O–H groups in total. The molecular weight excluding hydrogens is 578 g/mol. The lowest BCUT2D eigenvalue weighted by atomic mass is 9.67.